The molecule has 2 aromatic carbocycles. The molecular weight excluding hydrogens is 334 g/mol. The molecule has 2 heterocycles. The number of imidazole rings is 1. The summed E-state index contributed by atoms with van der Waals surface area (Å²) >= 11 is 0. The molecule has 1 aromatic heterocycles. The molecule has 0 spiro atoms. The molecule has 4 heteroatoms. The number of hydrogen-bond donors (Lipinski definition) is 0. The Morgan fingerprint density at radius 3 is 2.37 bits per heavy atom. The molecule has 1 saturated heterocycles. The van der Waals surface area contributed by atoms with Crippen LogP contribution in [0.2, 0.25) is 0 Å². The maximum absolute atomic E-state index is 12.7. The number of fused-ring (bicyclic) bond motifs is 1. The Labute approximate surface area is 160 Å². The fourth-order valence-electron chi connectivity index (χ4n) is 4.17. The Hall–Kier alpha value is -2.62. The van der Waals surface area contributed by atoms with Crippen molar-refractivity contribution in [3.05, 3.63) is 66.0 Å². The van der Waals surface area contributed by atoms with E-state index in [-0.39, 0.29) is 23.4 Å². The fraction of sp³-hybridized carbons (Fsp3) is 0.391. The highest BCUT2D eigenvalue weighted by Gasteiger charge is 2.39. The summed E-state index contributed by atoms with van der Waals surface area (Å²) in [5, 5.41) is 0. The van der Waals surface area contributed by atoms with Crippen LogP contribution in [0.25, 0.3) is 11.0 Å². The van der Waals surface area contributed by atoms with Crippen molar-refractivity contribution in [2.75, 3.05) is 6.54 Å². The van der Waals surface area contributed by atoms with Gasteiger partial charge in [-0.3, -0.25) is 4.79 Å². The molecule has 1 aliphatic rings. The molecule has 27 heavy (non-hydrogen) atoms. The number of nitrogens with zero attached hydrogens (tertiary/aromatic N) is 3. The van der Waals surface area contributed by atoms with Gasteiger partial charge in [-0.05, 0) is 45.4 Å². The van der Waals surface area contributed by atoms with E-state index in [0.717, 1.165) is 23.4 Å². The van der Waals surface area contributed by atoms with E-state index >= 15 is 0 Å². The highest BCUT2D eigenvalue weighted by atomic mass is 16.2. The Morgan fingerprint density at radius 2 is 1.70 bits per heavy atom. The molecule has 1 amide bonds. The predicted molar refractivity (Wildman–Crippen MR) is 109 cm³/mol. The van der Waals surface area contributed by atoms with E-state index in [0.29, 0.717) is 6.42 Å². The minimum absolute atomic E-state index is 0.121. The zero-order valence-electron chi connectivity index (χ0n) is 16.5. The van der Waals surface area contributed by atoms with Gasteiger partial charge in [0.1, 0.15) is 5.82 Å². The van der Waals surface area contributed by atoms with Crippen molar-refractivity contribution in [3.8, 4) is 0 Å². The summed E-state index contributed by atoms with van der Waals surface area (Å²) in [4.78, 5) is 19.6. The number of carbonyl (C=O) groups is 1. The third kappa shape index (κ3) is 3.14. The summed E-state index contributed by atoms with van der Waals surface area (Å²) < 4.78 is 2.33. The first-order chi connectivity index (χ1) is 12.9. The fourth-order valence-corrected chi connectivity index (χ4v) is 4.17. The maximum Gasteiger partial charge on any atom is 0.223 e. The van der Waals surface area contributed by atoms with Gasteiger partial charge in [0.05, 0.1) is 17.1 Å². The summed E-state index contributed by atoms with van der Waals surface area (Å²) in [6.07, 6.45) is 0.530. The van der Waals surface area contributed by atoms with Crippen LogP contribution in [0.5, 0.6) is 0 Å². The van der Waals surface area contributed by atoms with Gasteiger partial charge in [-0.2, -0.15) is 0 Å². The van der Waals surface area contributed by atoms with Crippen LogP contribution in [0.15, 0.2) is 54.6 Å². The summed E-state index contributed by atoms with van der Waals surface area (Å²) in [5.74, 6) is 1.36. The van der Waals surface area contributed by atoms with Crippen LogP contribution in [0, 0.1) is 0 Å². The minimum atomic E-state index is -0.159. The van der Waals surface area contributed by atoms with Crippen molar-refractivity contribution >= 4 is 16.9 Å². The second kappa shape index (κ2) is 6.52. The van der Waals surface area contributed by atoms with E-state index in [2.05, 4.69) is 74.7 Å². The first kappa shape index (κ1) is 17.8. The number of benzene rings is 2. The molecule has 0 radical (unpaired) electrons. The summed E-state index contributed by atoms with van der Waals surface area (Å²) in [6.45, 7) is 9.24. The van der Waals surface area contributed by atoms with Crippen molar-refractivity contribution in [3.63, 3.8) is 0 Å². The molecule has 2 atom stereocenters. The van der Waals surface area contributed by atoms with E-state index in [1.165, 1.54) is 5.56 Å². The van der Waals surface area contributed by atoms with Crippen molar-refractivity contribution in [2.24, 2.45) is 0 Å². The lowest BCUT2D eigenvalue weighted by atomic mass is 10.0. The molecule has 3 aromatic rings. The van der Waals surface area contributed by atoms with Gasteiger partial charge in [0.2, 0.25) is 5.91 Å². The monoisotopic (exact) mass is 361 g/mol. The Kier molecular flexibility index (Phi) is 4.29. The zero-order valence-corrected chi connectivity index (χ0v) is 16.5. The third-order valence-electron chi connectivity index (χ3n) is 5.59. The summed E-state index contributed by atoms with van der Waals surface area (Å²) in [5.41, 5.74) is 3.22. The number of aromatic nitrogens is 2. The van der Waals surface area contributed by atoms with Crippen molar-refractivity contribution in [1.82, 2.24) is 14.5 Å². The minimum Gasteiger partial charge on any atom is -0.337 e. The van der Waals surface area contributed by atoms with E-state index in [4.69, 9.17) is 4.98 Å². The molecule has 0 saturated carbocycles. The largest absolute Gasteiger partial charge is 0.337 e. The lowest BCUT2D eigenvalue weighted by Crippen LogP contribution is -2.42. The van der Waals surface area contributed by atoms with Crippen LogP contribution in [0.1, 0.15) is 57.5 Å². The number of amides is 1. The van der Waals surface area contributed by atoms with E-state index < -0.39 is 0 Å². The topological polar surface area (TPSA) is 38.1 Å². The SMILES string of the molecule is CC(c1ccccc1)n1c(C2CC(=O)N(C(C)(C)C)C2)nc2ccccc21. The molecule has 0 aliphatic carbocycles. The molecule has 4 rings (SSSR count). The average molecular weight is 361 g/mol. The maximum atomic E-state index is 12.7. The summed E-state index contributed by atoms with van der Waals surface area (Å²) in [7, 11) is 0. The van der Waals surface area contributed by atoms with E-state index in [1.54, 1.807) is 0 Å². The average Bonchev–Trinajstić information content (AvgIpc) is 3.22. The second-order valence-corrected chi connectivity index (χ2v) is 8.49. The van der Waals surface area contributed by atoms with Gasteiger partial charge in [0.15, 0.2) is 0 Å². The molecule has 4 nitrogen and oxygen atoms in total. The van der Waals surface area contributed by atoms with Crippen LogP contribution >= 0.6 is 0 Å². The lowest BCUT2D eigenvalue weighted by molar-refractivity contribution is -0.131. The van der Waals surface area contributed by atoms with Gasteiger partial charge in [-0.25, -0.2) is 4.98 Å². The van der Waals surface area contributed by atoms with Gasteiger partial charge >= 0.3 is 0 Å². The standard InChI is InChI=1S/C23H27N3O/c1-16(17-10-6-5-7-11-17)26-20-13-9-8-12-19(20)24-22(26)18-14-21(27)25(15-18)23(2,3)4/h5-13,16,18H,14-15H2,1-4H3. The van der Waals surface area contributed by atoms with Crippen LogP contribution in [0.3, 0.4) is 0 Å². The predicted octanol–water partition coefficient (Wildman–Crippen LogP) is 4.76. The van der Waals surface area contributed by atoms with Crippen LogP contribution in [0.4, 0.5) is 0 Å². The Bertz CT molecular complexity index is 968. The molecule has 140 valence electrons. The number of para-hydroxylation sites is 2. The molecule has 1 fully saturated rings. The third-order valence-corrected chi connectivity index (χ3v) is 5.59. The van der Waals surface area contributed by atoms with Crippen LogP contribution in [-0.2, 0) is 4.79 Å². The van der Waals surface area contributed by atoms with Gasteiger partial charge in [0.25, 0.3) is 0 Å². The second-order valence-electron chi connectivity index (χ2n) is 8.49. The van der Waals surface area contributed by atoms with Crippen molar-refractivity contribution in [2.45, 2.75) is 51.6 Å². The zero-order chi connectivity index (χ0) is 19.2. The van der Waals surface area contributed by atoms with Crippen molar-refractivity contribution in [1.29, 1.82) is 0 Å². The first-order valence-corrected chi connectivity index (χ1v) is 9.68. The van der Waals surface area contributed by atoms with Gasteiger partial charge in [-0.15, -0.1) is 0 Å². The molecular formula is C23H27N3O. The normalized spacial score (nSPS) is 19.0. The van der Waals surface area contributed by atoms with Crippen molar-refractivity contribution < 1.29 is 4.79 Å². The number of hydrogen-bond acceptors (Lipinski definition) is 2. The molecule has 1 aliphatic heterocycles. The highest BCUT2D eigenvalue weighted by Crippen LogP contribution is 2.36. The molecule has 0 bridgehead atoms. The number of likely N-dealkylation sites (tertiary alicyclic amines) is 1. The lowest BCUT2D eigenvalue weighted by Gasteiger charge is -2.32. The quantitative estimate of drug-likeness (QED) is 0.674. The highest BCUT2D eigenvalue weighted by molar-refractivity contribution is 5.81. The number of rotatable bonds is 3. The smallest absolute Gasteiger partial charge is 0.223 e. The van der Waals surface area contributed by atoms with E-state index in [1.807, 2.05) is 17.0 Å². The first-order valence-electron chi connectivity index (χ1n) is 9.68. The number of carbonyl (C=O) groups excluding carboxylic acids is 1. The van der Waals surface area contributed by atoms with E-state index in [9.17, 15) is 4.79 Å². The van der Waals surface area contributed by atoms with Crippen LogP contribution < -0.4 is 0 Å². The summed E-state index contributed by atoms with van der Waals surface area (Å²) in [6, 6.07) is 18.9. The van der Waals surface area contributed by atoms with Gasteiger partial charge in [0, 0.05) is 24.4 Å². The Balaban J connectivity index is 1.81. The van der Waals surface area contributed by atoms with Crippen LogP contribution in [-0.4, -0.2) is 32.4 Å². The van der Waals surface area contributed by atoms with Gasteiger partial charge in [-0.1, -0.05) is 42.5 Å². The molecule has 0 N–H and O–H groups in total. The Morgan fingerprint density at radius 1 is 1.04 bits per heavy atom. The van der Waals surface area contributed by atoms with Gasteiger partial charge < -0.3 is 9.47 Å². The molecule has 2 unspecified atom stereocenters.